The van der Waals surface area contributed by atoms with Gasteiger partial charge >= 0.3 is 0 Å². The second-order valence-electron chi connectivity index (χ2n) is 5.44. The van der Waals surface area contributed by atoms with Crippen LogP contribution in [0.2, 0.25) is 0 Å². The molecule has 22 heavy (non-hydrogen) atoms. The summed E-state index contributed by atoms with van der Waals surface area (Å²) in [5.41, 5.74) is 0. The number of thioether (sulfide) groups is 2. The lowest BCUT2D eigenvalue weighted by Crippen LogP contribution is -2.38. The maximum absolute atomic E-state index is 12.1. The minimum absolute atomic E-state index is 0.213. The van der Waals surface area contributed by atoms with E-state index in [1.54, 1.807) is 23.5 Å². The summed E-state index contributed by atoms with van der Waals surface area (Å²) < 4.78 is 1.18. The Hall–Kier alpha value is 0.530. The van der Waals surface area contributed by atoms with E-state index in [2.05, 4.69) is 29.5 Å². The van der Waals surface area contributed by atoms with Crippen molar-refractivity contribution in [3.8, 4) is 0 Å². The van der Waals surface area contributed by atoms with E-state index in [1.807, 2.05) is 0 Å². The summed E-state index contributed by atoms with van der Waals surface area (Å²) in [6.45, 7) is 2.18. The second kappa shape index (κ2) is 12.0. The van der Waals surface area contributed by atoms with E-state index in [-0.39, 0.29) is 22.3 Å². The molecule has 1 rings (SSSR count). The number of rotatable bonds is 12. The number of amides is 2. The van der Waals surface area contributed by atoms with Crippen molar-refractivity contribution < 1.29 is 9.59 Å². The average Bonchev–Trinajstić information content (AvgIpc) is 2.72. The number of unbranched alkanes of at least 4 members (excludes halogenated alkanes) is 5. The molecule has 0 aromatic heterocycles. The van der Waals surface area contributed by atoms with Gasteiger partial charge in [0.2, 0.25) is 0 Å². The van der Waals surface area contributed by atoms with Crippen molar-refractivity contribution in [3.63, 3.8) is 0 Å². The molecule has 0 radical (unpaired) electrons. The van der Waals surface area contributed by atoms with Gasteiger partial charge in [0.15, 0.2) is 0 Å². The normalized spacial score (nSPS) is 21.9. The summed E-state index contributed by atoms with van der Waals surface area (Å²) in [5.74, 6) is 7.05. The smallest absolute Gasteiger partial charge is 0.258 e. The number of carbonyl (C=O) groups excluding carboxylic acids is 2. The summed E-state index contributed by atoms with van der Waals surface area (Å²) >= 11 is 5.61. The minimum atomic E-state index is -0.284. The van der Waals surface area contributed by atoms with Gasteiger partial charge in [0.1, 0.15) is 10.5 Å². The van der Waals surface area contributed by atoms with Gasteiger partial charge in [-0.2, -0.15) is 0 Å². The third kappa shape index (κ3) is 6.57. The van der Waals surface area contributed by atoms with Gasteiger partial charge in [-0.1, -0.05) is 55.2 Å². The van der Waals surface area contributed by atoms with Gasteiger partial charge in [0, 0.05) is 0 Å². The Morgan fingerprint density at radius 1 is 0.955 bits per heavy atom. The van der Waals surface area contributed by atoms with Crippen molar-refractivity contribution in [1.29, 1.82) is 0 Å². The van der Waals surface area contributed by atoms with Crippen LogP contribution >= 0.6 is 46.1 Å². The monoisotopic (exact) mass is 458 g/mol. The summed E-state index contributed by atoms with van der Waals surface area (Å²) in [6.07, 6.45) is 8.24. The van der Waals surface area contributed by atoms with Crippen LogP contribution in [0.5, 0.6) is 0 Å². The zero-order chi connectivity index (χ0) is 16.4. The van der Waals surface area contributed by atoms with E-state index in [1.165, 1.54) is 36.5 Å². The predicted molar refractivity (Wildman–Crippen MR) is 105 cm³/mol. The fourth-order valence-electron chi connectivity index (χ4n) is 2.28. The van der Waals surface area contributed by atoms with Crippen molar-refractivity contribution in [2.45, 2.75) is 62.4 Å². The predicted octanol–water partition coefficient (Wildman–Crippen LogP) is 3.62. The first-order chi connectivity index (χ1) is 10.6. The van der Waals surface area contributed by atoms with E-state index in [4.69, 9.17) is 5.84 Å². The van der Waals surface area contributed by atoms with Crippen LogP contribution in [-0.2, 0) is 9.59 Å². The van der Waals surface area contributed by atoms with Crippen LogP contribution in [0.15, 0.2) is 0 Å². The Bertz CT molecular complexity index is 326. The quantitative estimate of drug-likeness (QED) is 0.121. The highest BCUT2D eigenvalue weighted by Gasteiger charge is 2.46. The fourth-order valence-corrected chi connectivity index (χ4v) is 5.64. The number of hydrogen-bond acceptors (Lipinski definition) is 5. The molecular formula is C15H27IN2O2S2. The number of imide groups is 1. The van der Waals surface area contributed by atoms with Crippen LogP contribution < -0.4 is 5.84 Å². The van der Waals surface area contributed by atoms with Crippen molar-refractivity contribution in [2.24, 2.45) is 5.84 Å². The Morgan fingerprint density at radius 3 is 1.91 bits per heavy atom. The summed E-state index contributed by atoms with van der Waals surface area (Å²) in [6, 6.07) is 0. The highest BCUT2D eigenvalue weighted by Crippen LogP contribution is 2.33. The average molecular weight is 458 g/mol. The zero-order valence-corrected chi connectivity index (χ0v) is 17.1. The molecule has 1 aliphatic heterocycles. The van der Waals surface area contributed by atoms with Crippen LogP contribution in [0.3, 0.4) is 0 Å². The van der Waals surface area contributed by atoms with Gasteiger partial charge < -0.3 is 0 Å². The molecule has 7 heteroatoms. The van der Waals surface area contributed by atoms with Gasteiger partial charge in [0.25, 0.3) is 11.8 Å². The molecular weight excluding hydrogens is 431 g/mol. The summed E-state index contributed by atoms with van der Waals surface area (Å²) in [5, 5.41) is 0.272. The van der Waals surface area contributed by atoms with Crippen molar-refractivity contribution in [2.75, 3.05) is 15.9 Å². The number of alkyl halides is 1. The number of nitrogens with zero attached hydrogens (tertiary/aromatic N) is 1. The standard InChI is InChI=1S/C15H27IN2O2S2/c1-2-3-4-7-10-21-12-13(15(20)18(17)14(12)19)22-11-8-5-6-9-16/h12-13H,2-11,17H2,1H3. The summed E-state index contributed by atoms with van der Waals surface area (Å²) in [7, 11) is 0. The largest absolute Gasteiger partial charge is 0.272 e. The van der Waals surface area contributed by atoms with E-state index in [0.29, 0.717) is 0 Å². The molecule has 0 spiro atoms. The molecule has 2 N–H and O–H groups in total. The highest BCUT2D eigenvalue weighted by atomic mass is 127. The van der Waals surface area contributed by atoms with E-state index >= 15 is 0 Å². The Labute approximate surface area is 156 Å². The third-order valence-corrected chi connectivity index (χ3v) is 7.26. The van der Waals surface area contributed by atoms with Crippen LogP contribution in [0, 0.1) is 0 Å². The van der Waals surface area contributed by atoms with Crippen LogP contribution in [0.1, 0.15) is 51.9 Å². The number of hydrogen-bond donors (Lipinski definition) is 1. The zero-order valence-electron chi connectivity index (χ0n) is 13.3. The molecule has 2 amide bonds. The number of carbonyl (C=O) groups is 2. The minimum Gasteiger partial charge on any atom is -0.272 e. The lowest BCUT2D eigenvalue weighted by Gasteiger charge is -2.14. The molecule has 2 unspecified atom stereocenters. The molecule has 1 fully saturated rings. The van der Waals surface area contributed by atoms with Gasteiger partial charge in [-0.3, -0.25) is 9.59 Å². The van der Waals surface area contributed by atoms with Crippen molar-refractivity contribution in [1.82, 2.24) is 5.01 Å². The molecule has 1 heterocycles. The lowest BCUT2D eigenvalue weighted by molar-refractivity contribution is -0.138. The van der Waals surface area contributed by atoms with Crippen LogP contribution in [0.4, 0.5) is 0 Å². The maximum atomic E-state index is 12.1. The first-order valence-electron chi connectivity index (χ1n) is 8.05. The van der Waals surface area contributed by atoms with E-state index in [9.17, 15) is 9.59 Å². The molecule has 4 nitrogen and oxygen atoms in total. The van der Waals surface area contributed by atoms with Crippen LogP contribution in [0.25, 0.3) is 0 Å². The molecule has 1 aliphatic rings. The highest BCUT2D eigenvalue weighted by molar-refractivity contribution is 14.1. The number of halogens is 1. The molecule has 0 aromatic rings. The van der Waals surface area contributed by atoms with Crippen molar-refractivity contribution in [3.05, 3.63) is 0 Å². The van der Waals surface area contributed by atoms with E-state index < -0.39 is 0 Å². The lowest BCUT2D eigenvalue weighted by atomic mass is 10.2. The SMILES string of the molecule is CCCCCCSC1C(=O)N(N)C(=O)C1SCCCCCI. The fraction of sp³-hybridized carbons (Fsp3) is 0.867. The molecule has 128 valence electrons. The maximum Gasteiger partial charge on any atom is 0.258 e. The van der Waals surface area contributed by atoms with Gasteiger partial charge in [-0.05, 0) is 35.2 Å². The Kier molecular flexibility index (Phi) is 11.2. The van der Waals surface area contributed by atoms with Gasteiger partial charge in [-0.25, -0.2) is 10.9 Å². The second-order valence-corrected chi connectivity index (χ2v) is 9.02. The summed E-state index contributed by atoms with van der Waals surface area (Å²) in [4.78, 5) is 24.3. The number of hydrazine groups is 1. The third-order valence-electron chi connectivity index (χ3n) is 3.61. The van der Waals surface area contributed by atoms with Crippen LogP contribution in [-0.4, -0.2) is 43.3 Å². The Balaban J connectivity index is 2.40. The topological polar surface area (TPSA) is 63.4 Å². The Morgan fingerprint density at radius 2 is 1.45 bits per heavy atom. The van der Waals surface area contributed by atoms with Crippen molar-refractivity contribution >= 4 is 57.9 Å². The molecule has 2 atom stereocenters. The first-order valence-corrected chi connectivity index (χ1v) is 11.7. The number of nitrogens with two attached hydrogens (primary N) is 1. The molecule has 1 saturated heterocycles. The first kappa shape index (κ1) is 20.6. The molecule has 0 aliphatic carbocycles. The van der Waals surface area contributed by atoms with Gasteiger partial charge in [-0.15, -0.1) is 23.5 Å². The van der Waals surface area contributed by atoms with Gasteiger partial charge in [0.05, 0.1) is 0 Å². The molecule has 0 aromatic carbocycles. The van der Waals surface area contributed by atoms with E-state index in [0.717, 1.165) is 29.4 Å². The molecule has 0 bridgehead atoms. The molecule has 0 saturated carbocycles.